The van der Waals surface area contributed by atoms with Crippen molar-refractivity contribution in [3.05, 3.63) is 53.4 Å². The van der Waals surface area contributed by atoms with E-state index in [1.54, 1.807) is 18.5 Å². The van der Waals surface area contributed by atoms with E-state index in [1.807, 2.05) is 6.07 Å². The number of hydrogen-bond acceptors (Lipinski definition) is 4. The highest BCUT2D eigenvalue weighted by atomic mass is 79.9. The van der Waals surface area contributed by atoms with Crippen molar-refractivity contribution in [3.63, 3.8) is 0 Å². The number of amides is 1. The lowest BCUT2D eigenvalue weighted by atomic mass is 9.97. The molecule has 2 aromatic heterocycles. The molecule has 1 aliphatic heterocycles. The molecule has 3 aromatic rings. The number of fused-ring (bicyclic) bond motifs is 1. The van der Waals surface area contributed by atoms with Gasteiger partial charge in [-0.25, -0.2) is 9.97 Å². The number of carbonyl (C=O) groups is 1. The summed E-state index contributed by atoms with van der Waals surface area (Å²) in [4.78, 5) is 23.3. The van der Waals surface area contributed by atoms with Crippen molar-refractivity contribution >= 4 is 38.7 Å². The summed E-state index contributed by atoms with van der Waals surface area (Å²) in [5, 5.41) is 4.31. The molecule has 1 amide bonds. The van der Waals surface area contributed by atoms with E-state index < -0.39 is 0 Å². The van der Waals surface area contributed by atoms with Crippen LogP contribution in [0.3, 0.4) is 0 Å². The Bertz CT molecular complexity index is 927. The molecule has 3 heterocycles. The van der Waals surface area contributed by atoms with Crippen LogP contribution in [0.4, 0.5) is 5.95 Å². The number of nitrogens with one attached hydrogen (secondary N) is 1. The molecule has 6 nitrogen and oxygen atoms in total. The minimum atomic E-state index is -0.0156. The molecule has 0 aliphatic carbocycles. The molecule has 1 N–H and O–H groups in total. The summed E-state index contributed by atoms with van der Waals surface area (Å²) in [5.41, 5.74) is 1.17. The third kappa shape index (κ3) is 4.13. The molecule has 0 radical (unpaired) electrons. The fraction of sp³-hybridized carbons (Fsp3) is 0.350. The number of hydrogen-bond donors (Lipinski definition) is 1. The maximum atomic E-state index is 12.6. The van der Waals surface area contributed by atoms with Crippen molar-refractivity contribution in [2.24, 2.45) is 5.92 Å². The Morgan fingerprint density at radius 1 is 1.26 bits per heavy atom. The molecule has 1 fully saturated rings. The van der Waals surface area contributed by atoms with Gasteiger partial charge in [-0.2, -0.15) is 0 Å². The normalized spacial score (nSPS) is 17.2. The fourth-order valence-electron chi connectivity index (χ4n) is 3.62. The quantitative estimate of drug-likeness (QED) is 0.678. The number of benzene rings is 1. The van der Waals surface area contributed by atoms with Gasteiger partial charge in [0.25, 0.3) is 0 Å². The average Bonchev–Trinajstić information content (AvgIpc) is 3.11. The largest absolute Gasteiger partial charge is 0.354 e. The zero-order valence-corrected chi connectivity index (χ0v) is 16.6. The minimum absolute atomic E-state index is 0.0156. The van der Waals surface area contributed by atoms with Gasteiger partial charge in [0.05, 0.1) is 5.92 Å². The second-order valence-electron chi connectivity index (χ2n) is 6.84. The van der Waals surface area contributed by atoms with Crippen LogP contribution in [-0.4, -0.2) is 40.1 Å². The van der Waals surface area contributed by atoms with E-state index in [4.69, 9.17) is 0 Å². The maximum Gasteiger partial charge on any atom is 0.225 e. The molecule has 1 saturated heterocycles. The lowest BCUT2D eigenvalue weighted by Gasteiger charge is -2.31. The molecule has 0 unspecified atom stereocenters. The minimum Gasteiger partial charge on any atom is -0.354 e. The molecular weight excluding hydrogens is 406 g/mol. The summed E-state index contributed by atoms with van der Waals surface area (Å²) in [6.45, 7) is 2.95. The lowest BCUT2D eigenvalue weighted by molar-refractivity contribution is -0.125. The average molecular weight is 428 g/mol. The molecule has 7 heteroatoms. The van der Waals surface area contributed by atoms with E-state index in [0.29, 0.717) is 19.0 Å². The standard InChI is InChI=1S/C20H22BrN5O/c21-17-5-4-15-6-11-25(18(15)13-17)12-9-22-19(27)16-3-1-10-26(14-16)20-23-7-2-8-24-20/h2,4-8,11,13,16H,1,3,9-10,12,14H2,(H,22,27)/t16-/m0/s1. The van der Waals surface area contributed by atoms with Gasteiger partial charge in [0.2, 0.25) is 11.9 Å². The first-order chi connectivity index (χ1) is 13.2. The molecule has 0 bridgehead atoms. The van der Waals surface area contributed by atoms with Crippen LogP contribution < -0.4 is 10.2 Å². The first kappa shape index (κ1) is 18.0. The van der Waals surface area contributed by atoms with Crippen molar-refractivity contribution < 1.29 is 4.79 Å². The van der Waals surface area contributed by atoms with Gasteiger partial charge >= 0.3 is 0 Å². The Morgan fingerprint density at radius 3 is 2.96 bits per heavy atom. The van der Waals surface area contributed by atoms with E-state index in [0.717, 1.165) is 30.4 Å². The molecule has 140 valence electrons. The second kappa shape index (κ2) is 8.08. The van der Waals surface area contributed by atoms with E-state index in [2.05, 4.69) is 65.1 Å². The van der Waals surface area contributed by atoms with Gasteiger partial charge in [-0.15, -0.1) is 0 Å². The zero-order valence-electron chi connectivity index (χ0n) is 15.0. The number of piperidine rings is 1. The van der Waals surface area contributed by atoms with Gasteiger partial charge in [0, 0.05) is 54.8 Å². The summed E-state index contributed by atoms with van der Waals surface area (Å²) >= 11 is 3.52. The molecule has 1 aliphatic rings. The van der Waals surface area contributed by atoms with Crippen LogP contribution in [0.1, 0.15) is 12.8 Å². The molecule has 0 saturated carbocycles. The fourth-order valence-corrected chi connectivity index (χ4v) is 3.97. The highest BCUT2D eigenvalue weighted by molar-refractivity contribution is 9.10. The Balaban J connectivity index is 1.33. The first-order valence-corrected chi connectivity index (χ1v) is 10.0. The van der Waals surface area contributed by atoms with Crippen molar-refractivity contribution in [1.29, 1.82) is 0 Å². The molecule has 1 atom stereocenters. The Hall–Kier alpha value is -2.41. The van der Waals surface area contributed by atoms with E-state index in [1.165, 1.54) is 10.9 Å². The number of nitrogens with zero attached hydrogens (tertiary/aromatic N) is 4. The molecule has 1 aromatic carbocycles. The first-order valence-electron chi connectivity index (χ1n) is 9.25. The SMILES string of the molecule is O=C(NCCn1ccc2ccc(Br)cc21)[C@H]1CCCN(c2ncccn2)C1. The smallest absolute Gasteiger partial charge is 0.225 e. The number of aromatic nitrogens is 3. The van der Waals surface area contributed by atoms with Gasteiger partial charge < -0.3 is 14.8 Å². The van der Waals surface area contributed by atoms with Crippen LogP contribution in [0.25, 0.3) is 10.9 Å². The maximum absolute atomic E-state index is 12.6. The van der Waals surface area contributed by atoms with Gasteiger partial charge in [-0.3, -0.25) is 4.79 Å². The second-order valence-corrected chi connectivity index (χ2v) is 7.75. The van der Waals surface area contributed by atoms with Crippen molar-refractivity contribution in [2.75, 3.05) is 24.5 Å². The zero-order chi connectivity index (χ0) is 18.6. The predicted octanol–water partition coefficient (Wildman–Crippen LogP) is 3.23. The van der Waals surface area contributed by atoms with Crippen LogP contribution in [-0.2, 0) is 11.3 Å². The van der Waals surface area contributed by atoms with Crippen molar-refractivity contribution in [2.45, 2.75) is 19.4 Å². The highest BCUT2D eigenvalue weighted by Gasteiger charge is 2.26. The van der Waals surface area contributed by atoms with E-state index in [9.17, 15) is 4.79 Å². The monoisotopic (exact) mass is 427 g/mol. The Kier molecular flexibility index (Phi) is 5.38. The van der Waals surface area contributed by atoms with Gasteiger partial charge in [0.1, 0.15) is 0 Å². The topological polar surface area (TPSA) is 63.1 Å². The van der Waals surface area contributed by atoms with Gasteiger partial charge in [-0.1, -0.05) is 22.0 Å². The van der Waals surface area contributed by atoms with Crippen LogP contribution in [0.2, 0.25) is 0 Å². The summed E-state index contributed by atoms with van der Waals surface area (Å²) < 4.78 is 3.23. The molecule has 27 heavy (non-hydrogen) atoms. The van der Waals surface area contributed by atoms with E-state index in [-0.39, 0.29) is 11.8 Å². The summed E-state index contributed by atoms with van der Waals surface area (Å²) in [6, 6.07) is 10.1. The van der Waals surface area contributed by atoms with Crippen LogP contribution in [0.5, 0.6) is 0 Å². The number of rotatable bonds is 5. The summed E-state index contributed by atoms with van der Waals surface area (Å²) in [5.74, 6) is 0.811. The molecule has 4 rings (SSSR count). The third-order valence-electron chi connectivity index (χ3n) is 5.02. The van der Waals surface area contributed by atoms with Crippen LogP contribution in [0, 0.1) is 5.92 Å². The van der Waals surface area contributed by atoms with Crippen molar-refractivity contribution in [1.82, 2.24) is 19.9 Å². The van der Waals surface area contributed by atoms with Gasteiger partial charge in [-0.05, 0) is 42.5 Å². The number of anilines is 1. The highest BCUT2D eigenvalue weighted by Crippen LogP contribution is 2.21. The Morgan fingerprint density at radius 2 is 2.11 bits per heavy atom. The molecular formula is C20H22BrN5O. The van der Waals surface area contributed by atoms with Crippen LogP contribution >= 0.6 is 15.9 Å². The van der Waals surface area contributed by atoms with Crippen molar-refractivity contribution in [3.8, 4) is 0 Å². The lowest BCUT2D eigenvalue weighted by Crippen LogP contribution is -2.44. The number of halogens is 1. The Labute approximate surface area is 166 Å². The van der Waals surface area contributed by atoms with Gasteiger partial charge in [0.15, 0.2) is 0 Å². The van der Waals surface area contributed by atoms with E-state index >= 15 is 0 Å². The number of carbonyl (C=O) groups excluding carboxylic acids is 1. The van der Waals surface area contributed by atoms with Crippen LogP contribution in [0.15, 0.2) is 53.4 Å². The summed E-state index contributed by atoms with van der Waals surface area (Å²) in [6.07, 6.45) is 7.44. The predicted molar refractivity (Wildman–Crippen MR) is 110 cm³/mol. The summed E-state index contributed by atoms with van der Waals surface area (Å²) in [7, 11) is 0. The molecule has 0 spiro atoms. The third-order valence-corrected chi connectivity index (χ3v) is 5.51.